The minimum atomic E-state index is -2.03. The summed E-state index contributed by atoms with van der Waals surface area (Å²) in [4.78, 5) is 24.6. The number of amides is 2. The molecule has 0 aliphatic carbocycles. The second-order valence-corrected chi connectivity index (χ2v) is 15.9. The molecule has 61 heavy (non-hydrogen) atoms. The van der Waals surface area contributed by atoms with Gasteiger partial charge in [-0.15, -0.1) is 0 Å². The summed E-state index contributed by atoms with van der Waals surface area (Å²) in [6.07, 6.45) is -37.7. The summed E-state index contributed by atoms with van der Waals surface area (Å²) in [7, 11) is 0. The number of aliphatic hydroxyl groups is 13. The fourth-order valence-electron chi connectivity index (χ4n) is 7.99. The van der Waals surface area contributed by atoms with E-state index in [-0.39, 0.29) is 0 Å². The van der Waals surface area contributed by atoms with E-state index in [1.54, 1.807) is 0 Å². The maximum absolute atomic E-state index is 12.5. The molecule has 0 spiro atoms. The lowest BCUT2D eigenvalue weighted by Crippen LogP contribution is -2.69. The molecular formula is C34H57N3O24. The van der Waals surface area contributed by atoms with Crippen LogP contribution in [0.2, 0.25) is 0 Å². The Hall–Kier alpha value is -1.98. The van der Waals surface area contributed by atoms with Gasteiger partial charge in [0.1, 0.15) is 116 Å². The first kappa shape index (κ1) is 48.5. The van der Waals surface area contributed by atoms with E-state index in [1.807, 2.05) is 0 Å². The predicted octanol–water partition coefficient (Wildman–Crippen LogP) is -10.7. The van der Waals surface area contributed by atoms with Gasteiger partial charge in [0.2, 0.25) is 11.8 Å². The highest BCUT2D eigenvalue weighted by molar-refractivity contribution is 5.74. The van der Waals surface area contributed by atoms with Gasteiger partial charge in [-0.25, -0.2) is 0 Å². The third kappa shape index (κ3) is 9.84. The molecule has 27 heteroatoms. The molecule has 6 saturated heterocycles. The Morgan fingerprint density at radius 1 is 0.557 bits per heavy atom. The van der Waals surface area contributed by atoms with E-state index in [1.165, 1.54) is 13.8 Å². The van der Waals surface area contributed by atoms with Gasteiger partial charge in [-0.2, -0.15) is 0 Å². The summed E-state index contributed by atoms with van der Waals surface area (Å²) in [6, 6.07) is -1.62. The minimum absolute atomic E-state index is 0.533. The van der Waals surface area contributed by atoms with E-state index in [4.69, 9.17) is 42.6 Å². The van der Waals surface area contributed by atoms with Crippen LogP contribution in [0.4, 0.5) is 0 Å². The van der Waals surface area contributed by atoms with Crippen molar-refractivity contribution in [2.24, 2.45) is 0 Å². The van der Waals surface area contributed by atoms with Crippen LogP contribution in [0.1, 0.15) is 20.8 Å². The SMILES string of the molecule is CC(=O)N[C@H]1[C@H](O[C@@H]2[C@@H](CO[C@H]3O[C@@H](C)[C@@H](O)[C@@H](O)[C@@H]3O)O[C@@H]3N[C@@]3(NC(C)=O)[C@H]2O)O[C@H](CO)[C@@H](O[C@@H]2O[C@H](CO[C@H]3O[C@H](CO)[C@@H](O)[C@H](O)[C@@H]3O)[C@@H](O)[C@H](O)[C@@H]2O)[C@@H]1O. The Morgan fingerprint density at radius 2 is 1.07 bits per heavy atom. The third-order valence-corrected chi connectivity index (χ3v) is 11.5. The maximum atomic E-state index is 12.5. The van der Waals surface area contributed by atoms with Crippen molar-refractivity contribution in [3.05, 3.63) is 0 Å². The van der Waals surface area contributed by atoms with Gasteiger partial charge >= 0.3 is 0 Å². The first-order valence-corrected chi connectivity index (χ1v) is 19.6. The highest BCUT2D eigenvalue weighted by Gasteiger charge is 2.69. The van der Waals surface area contributed by atoms with Crippen molar-refractivity contribution in [1.82, 2.24) is 16.0 Å². The third-order valence-electron chi connectivity index (χ3n) is 11.5. The van der Waals surface area contributed by atoms with Gasteiger partial charge in [-0.3, -0.25) is 14.9 Å². The summed E-state index contributed by atoms with van der Waals surface area (Å²) in [6.45, 7) is 0.716. The number of hydrogen-bond donors (Lipinski definition) is 16. The summed E-state index contributed by atoms with van der Waals surface area (Å²) >= 11 is 0. The fraction of sp³-hybridized carbons (Fsp3) is 0.941. The number of fused-ring (bicyclic) bond motifs is 1. The van der Waals surface area contributed by atoms with Gasteiger partial charge in [0.25, 0.3) is 0 Å². The van der Waals surface area contributed by atoms with Crippen LogP contribution in [0.3, 0.4) is 0 Å². The monoisotopic (exact) mass is 891 g/mol. The number of rotatable bonds is 14. The summed E-state index contributed by atoms with van der Waals surface area (Å²) < 4.78 is 51.6. The molecule has 0 aromatic carbocycles. The average Bonchev–Trinajstić information content (AvgIpc) is 3.93. The number of carbonyl (C=O) groups is 2. The van der Waals surface area contributed by atoms with Crippen molar-refractivity contribution in [1.29, 1.82) is 0 Å². The van der Waals surface area contributed by atoms with Crippen molar-refractivity contribution in [2.75, 3.05) is 26.4 Å². The van der Waals surface area contributed by atoms with Gasteiger partial charge in [0.15, 0.2) is 30.8 Å². The van der Waals surface area contributed by atoms with E-state index in [0.717, 1.165) is 6.92 Å². The molecule has 6 aliphatic heterocycles. The zero-order valence-corrected chi connectivity index (χ0v) is 33.0. The Bertz CT molecular complexity index is 1490. The van der Waals surface area contributed by atoms with Gasteiger partial charge in [0.05, 0.1) is 32.5 Å². The summed E-state index contributed by atoms with van der Waals surface area (Å²) in [5.41, 5.74) is -1.61. The Kier molecular flexibility index (Phi) is 15.6. The van der Waals surface area contributed by atoms with Crippen LogP contribution in [0.25, 0.3) is 0 Å². The molecule has 2 amide bonds. The van der Waals surface area contributed by atoms with Gasteiger partial charge in [0, 0.05) is 13.8 Å². The second-order valence-electron chi connectivity index (χ2n) is 15.9. The van der Waals surface area contributed by atoms with E-state index in [2.05, 4.69) is 16.0 Å². The average molecular weight is 892 g/mol. The topological polar surface area (TPSA) is 426 Å². The lowest BCUT2D eigenvalue weighted by atomic mass is 9.94. The largest absolute Gasteiger partial charge is 0.394 e. The van der Waals surface area contributed by atoms with Crippen molar-refractivity contribution in [3.63, 3.8) is 0 Å². The molecule has 27 nitrogen and oxygen atoms in total. The molecule has 0 bridgehead atoms. The number of ether oxygens (including phenoxy) is 9. The Morgan fingerprint density at radius 3 is 1.66 bits per heavy atom. The predicted molar refractivity (Wildman–Crippen MR) is 188 cm³/mol. The Labute approximate surface area is 346 Å². The highest BCUT2D eigenvalue weighted by Crippen LogP contribution is 2.41. The zero-order chi connectivity index (χ0) is 44.8. The summed E-state index contributed by atoms with van der Waals surface area (Å²) in [5.74, 6) is -1.34. The standard InChI is InChI=1S/C34H57N3O24/c1-8-16(42)20(46)23(49)30(55-8)54-7-14-27(28(52)34(36-10(3)41)33(37-34)59-14)61-29-15(35-9(2)40)19(45)26(12(5-39)57-29)60-32-25(51)22(48)18(44)13(58-32)6-53-31-24(50)21(47)17(43)11(4-38)56-31/h8,11-33,37-39,42-52H,4-7H2,1-3H3,(H,35,40)(H,36,41)/t8-,11+,12+,13+,14+,15+,16+,17+,18+,19+,20+,21-,22-,23-,24-,25-,26+,27+,28-,29-,30-,31-,32-,33-,34-/m0/s1. The van der Waals surface area contributed by atoms with Crippen LogP contribution in [0.5, 0.6) is 0 Å². The lowest BCUT2D eigenvalue weighted by Gasteiger charge is -2.49. The number of hydrogen-bond acceptors (Lipinski definition) is 25. The number of carbonyl (C=O) groups excluding carboxylic acids is 2. The lowest BCUT2D eigenvalue weighted by molar-refractivity contribution is -0.363. The van der Waals surface area contributed by atoms with Crippen LogP contribution < -0.4 is 16.0 Å². The van der Waals surface area contributed by atoms with Crippen LogP contribution in [-0.4, -0.2) is 258 Å². The molecule has 6 rings (SSSR count). The smallest absolute Gasteiger partial charge is 0.218 e. The molecule has 0 unspecified atom stereocenters. The van der Waals surface area contributed by atoms with Crippen molar-refractivity contribution < 1.29 is 119 Å². The first-order chi connectivity index (χ1) is 28.7. The van der Waals surface area contributed by atoms with Gasteiger partial charge in [-0.05, 0) is 6.92 Å². The molecule has 0 saturated carbocycles. The Balaban J connectivity index is 1.18. The molecule has 6 fully saturated rings. The molecule has 25 atom stereocenters. The molecule has 6 heterocycles. The van der Waals surface area contributed by atoms with Crippen LogP contribution in [-0.2, 0) is 52.2 Å². The molecule has 0 aromatic heterocycles. The molecule has 0 radical (unpaired) electrons. The molecule has 352 valence electrons. The quantitative estimate of drug-likeness (QED) is 0.0720. The molecular weight excluding hydrogens is 834 g/mol. The van der Waals surface area contributed by atoms with E-state index >= 15 is 0 Å². The van der Waals surface area contributed by atoms with Crippen LogP contribution in [0, 0.1) is 0 Å². The second kappa shape index (κ2) is 19.6. The minimum Gasteiger partial charge on any atom is -0.394 e. The zero-order valence-electron chi connectivity index (χ0n) is 33.0. The van der Waals surface area contributed by atoms with Crippen LogP contribution in [0.15, 0.2) is 0 Å². The van der Waals surface area contributed by atoms with E-state index in [9.17, 15) is 76.0 Å². The van der Waals surface area contributed by atoms with Gasteiger partial charge < -0.3 is 120 Å². The van der Waals surface area contributed by atoms with E-state index < -0.39 is 191 Å². The maximum Gasteiger partial charge on any atom is 0.218 e. The molecule has 0 aromatic rings. The van der Waals surface area contributed by atoms with Crippen LogP contribution >= 0.6 is 0 Å². The molecule has 16 N–H and O–H groups in total. The number of aliphatic hydroxyl groups excluding tert-OH is 13. The van der Waals surface area contributed by atoms with E-state index in [0.29, 0.717) is 0 Å². The van der Waals surface area contributed by atoms with Crippen molar-refractivity contribution in [3.8, 4) is 0 Å². The molecule has 6 aliphatic rings. The normalized spacial score (nSPS) is 51.3. The number of nitrogens with one attached hydrogen (secondary N) is 3. The fourth-order valence-corrected chi connectivity index (χ4v) is 7.99. The van der Waals surface area contributed by atoms with Crippen molar-refractivity contribution in [2.45, 2.75) is 174 Å². The highest BCUT2D eigenvalue weighted by atomic mass is 16.8. The summed E-state index contributed by atoms with van der Waals surface area (Å²) in [5, 5.41) is 145. The first-order valence-electron chi connectivity index (χ1n) is 19.6. The van der Waals surface area contributed by atoms with Gasteiger partial charge in [-0.1, -0.05) is 0 Å². The van der Waals surface area contributed by atoms with Crippen molar-refractivity contribution >= 4 is 11.8 Å².